The van der Waals surface area contributed by atoms with Crippen molar-refractivity contribution in [1.29, 1.82) is 0 Å². The van der Waals surface area contributed by atoms with Crippen molar-refractivity contribution in [1.82, 2.24) is 4.90 Å². The van der Waals surface area contributed by atoms with E-state index >= 15 is 0 Å². The van der Waals surface area contributed by atoms with Gasteiger partial charge in [0.2, 0.25) is 0 Å². The van der Waals surface area contributed by atoms with Crippen LogP contribution in [0.15, 0.2) is 24.3 Å². The average molecular weight is 343 g/mol. The topological polar surface area (TPSA) is 55.8 Å². The molecule has 1 saturated heterocycles. The minimum absolute atomic E-state index is 0.115. The fraction of sp³-hybridized carbons (Fsp3) is 0.500. The molecule has 1 aromatic carbocycles. The van der Waals surface area contributed by atoms with Crippen molar-refractivity contribution in [2.45, 2.75) is 51.6 Å². The molecule has 5 nitrogen and oxygen atoms in total. The molecule has 0 spiro atoms. The van der Waals surface area contributed by atoms with Gasteiger partial charge in [-0.2, -0.15) is 0 Å². The Balaban J connectivity index is 1.51. The van der Waals surface area contributed by atoms with E-state index in [0.717, 1.165) is 42.6 Å². The van der Waals surface area contributed by atoms with Gasteiger partial charge in [-0.25, -0.2) is 4.79 Å². The van der Waals surface area contributed by atoms with Gasteiger partial charge in [-0.05, 0) is 62.4 Å². The summed E-state index contributed by atoms with van der Waals surface area (Å²) in [4.78, 5) is 26.1. The Morgan fingerprint density at radius 3 is 2.80 bits per heavy atom. The van der Waals surface area contributed by atoms with Gasteiger partial charge < -0.3 is 14.4 Å². The maximum Gasteiger partial charge on any atom is 0.331 e. The number of hydrogen-bond donors (Lipinski definition) is 0. The van der Waals surface area contributed by atoms with Crippen LogP contribution >= 0.6 is 0 Å². The lowest BCUT2D eigenvalue weighted by Gasteiger charge is -2.38. The van der Waals surface area contributed by atoms with E-state index in [-0.39, 0.29) is 24.6 Å². The summed E-state index contributed by atoms with van der Waals surface area (Å²) in [6.07, 6.45) is 7.12. The first-order valence-corrected chi connectivity index (χ1v) is 8.96. The molecule has 0 bridgehead atoms. The molecule has 0 aliphatic carbocycles. The number of ether oxygens (including phenoxy) is 2. The lowest BCUT2D eigenvalue weighted by Crippen LogP contribution is -2.49. The van der Waals surface area contributed by atoms with Crippen LogP contribution < -0.4 is 4.74 Å². The van der Waals surface area contributed by atoms with Gasteiger partial charge in [-0.1, -0.05) is 6.07 Å². The van der Waals surface area contributed by atoms with E-state index in [1.807, 2.05) is 36.9 Å². The van der Waals surface area contributed by atoms with Gasteiger partial charge in [0.15, 0.2) is 6.61 Å². The smallest absolute Gasteiger partial charge is 0.331 e. The molecule has 2 heterocycles. The van der Waals surface area contributed by atoms with Crippen LogP contribution in [0.2, 0.25) is 0 Å². The van der Waals surface area contributed by atoms with Crippen LogP contribution in [0.4, 0.5) is 0 Å². The summed E-state index contributed by atoms with van der Waals surface area (Å²) in [5.41, 5.74) is 2.07. The van der Waals surface area contributed by atoms with Crippen LogP contribution in [0.1, 0.15) is 44.2 Å². The monoisotopic (exact) mass is 343 g/mol. The first-order valence-electron chi connectivity index (χ1n) is 8.96. The van der Waals surface area contributed by atoms with E-state index < -0.39 is 5.97 Å². The normalized spacial score (nSPS) is 22.6. The summed E-state index contributed by atoms with van der Waals surface area (Å²) < 4.78 is 10.6. The number of hydrogen-bond acceptors (Lipinski definition) is 4. The zero-order valence-electron chi connectivity index (χ0n) is 14.9. The summed E-state index contributed by atoms with van der Waals surface area (Å²) in [6, 6.07) is 6.24. The van der Waals surface area contributed by atoms with Crippen LogP contribution in [0.25, 0.3) is 6.08 Å². The summed E-state index contributed by atoms with van der Waals surface area (Å²) in [5, 5.41) is 0. The van der Waals surface area contributed by atoms with Crippen molar-refractivity contribution in [3.05, 3.63) is 35.4 Å². The van der Waals surface area contributed by atoms with Gasteiger partial charge in [0.1, 0.15) is 5.75 Å². The molecule has 5 heteroatoms. The molecule has 2 aliphatic rings. The highest BCUT2D eigenvalue weighted by molar-refractivity contribution is 5.89. The molecule has 0 N–H and O–H groups in total. The summed E-state index contributed by atoms with van der Waals surface area (Å²) in [7, 11) is 0. The number of nitrogens with zero attached hydrogens (tertiary/aromatic N) is 1. The van der Waals surface area contributed by atoms with Gasteiger partial charge >= 0.3 is 5.97 Å². The molecule has 2 unspecified atom stereocenters. The second-order valence-electron chi connectivity index (χ2n) is 6.84. The van der Waals surface area contributed by atoms with Gasteiger partial charge in [0.25, 0.3) is 5.91 Å². The third-order valence-corrected chi connectivity index (χ3v) is 4.94. The van der Waals surface area contributed by atoms with E-state index in [2.05, 4.69) is 0 Å². The number of likely N-dealkylation sites (tertiary alicyclic amines) is 1. The van der Waals surface area contributed by atoms with E-state index in [0.29, 0.717) is 6.61 Å². The number of esters is 1. The predicted octanol–water partition coefficient (Wildman–Crippen LogP) is 2.97. The molecule has 1 aromatic rings. The predicted molar refractivity (Wildman–Crippen MR) is 95.3 cm³/mol. The maximum absolute atomic E-state index is 12.3. The second-order valence-corrected chi connectivity index (χ2v) is 6.84. The molecule has 134 valence electrons. The molecule has 1 fully saturated rings. The fourth-order valence-electron chi connectivity index (χ4n) is 3.64. The Morgan fingerprint density at radius 2 is 2.04 bits per heavy atom. The number of fused-ring (bicyclic) bond motifs is 1. The average Bonchev–Trinajstić information content (AvgIpc) is 3.05. The second kappa shape index (κ2) is 7.72. The Bertz CT molecular complexity index is 672. The Morgan fingerprint density at radius 1 is 1.28 bits per heavy atom. The minimum Gasteiger partial charge on any atom is -0.493 e. The summed E-state index contributed by atoms with van der Waals surface area (Å²) in [6.45, 7) is 4.61. The van der Waals surface area contributed by atoms with Crippen molar-refractivity contribution >= 4 is 18.0 Å². The SMILES string of the molecule is CC1CCCC(C)N1C(=O)COC(=O)C=Cc1ccc2c(c1)CCO2. The van der Waals surface area contributed by atoms with Crippen molar-refractivity contribution in [3.63, 3.8) is 0 Å². The standard InChI is InChI=1S/C20H25NO4/c1-14-4-3-5-15(2)21(14)19(22)13-25-20(23)9-7-16-6-8-18-17(12-16)10-11-24-18/h6-9,12,14-15H,3-5,10-11,13H2,1-2H3. The van der Waals surface area contributed by atoms with E-state index in [1.54, 1.807) is 6.08 Å². The van der Waals surface area contributed by atoms with Crippen LogP contribution in [-0.4, -0.2) is 42.1 Å². The molecule has 0 saturated carbocycles. The van der Waals surface area contributed by atoms with Crippen LogP contribution in [0.3, 0.4) is 0 Å². The molecule has 2 aliphatic heterocycles. The molecule has 0 radical (unpaired) electrons. The highest BCUT2D eigenvalue weighted by Crippen LogP contribution is 2.26. The Hall–Kier alpha value is -2.30. The quantitative estimate of drug-likeness (QED) is 0.623. The number of amides is 1. The first-order chi connectivity index (χ1) is 12.0. The first kappa shape index (κ1) is 17.5. The van der Waals surface area contributed by atoms with Gasteiger partial charge in [-0.3, -0.25) is 4.79 Å². The zero-order chi connectivity index (χ0) is 17.8. The minimum atomic E-state index is -0.498. The lowest BCUT2D eigenvalue weighted by atomic mass is 9.97. The molecule has 3 rings (SSSR count). The number of benzene rings is 1. The van der Waals surface area contributed by atoms with Crippen molar-refractivity contribution in [2.24, 2.45) is 0 Å². The number of piperidine rings is 1. The molecule has 25 heavy (non-hydrogen) atoms. The van der Waals surface area contributed by atoms with Gasteiger partial charge in [0.05, 0.1) is 6.61 Å². The summed E-state index contributed by atoms with van der Waals surface area (Å²) in [5.74, 6) is 0.300. The van der Waals surface area contributed by atoms with E-state index in [1.165, 1.54) is 6.08 Å². The Kier molecular flexibility index (Phi) is 5.41. The number of carbonyl (C=O) groups excluding carboxylic acids is 2. The number of carbonyl (C=O) groups is 2. The lowest BCUT2D eigenvalue weighted by molar-refractivity contribution is -0.151. The highest BCUT2D eigenvalue weighted by atomic mass is 16.5. The maximum atomic E-state index is 12.3. The molecular weight excluding hydrogens is 318 g/mol. The Labute approximate surface area is 148 Å². The van der Waals surface area contributed by atoms with Crippen LogP contribution in [-0.2, 0) is 20.7 Å². The third kappa shape index (κ3) is 4.21. The van der Waals surface area contributed by atoms with E-state index in [9.17, 15) is 9.59 Å². The third-order valence-electron chi connectivity index (χ3n) is 4.94. The summed E-state index contributed by atoms with van der Waals surface area (Å²) >= 11 is 0. The molecule has 1 amide bonds. The highest BCUT2D eigenvalue weighted by Gasteiger charge is 2.29. The van der Waals surface area contributed by atoms with Gasteiger partial charge in [0, 0.05) is 24.6 Å². The largest absolute Gasteiger partial charge is 0.493 e. The molecule has 2 atom stereocenters. The number of rotatable bonds is 4. The van der Waals surface area contributed by atoms with Crippen molar-refractivity contribution < 1.29 is 19.1 Å². The fourth-order valence-corrected chi connectivity index (χ4v) is 3.64. The van der Waals surface area contributed by atoms with E-state index in [4.69, 9.17) is 9.47 Å². The zero-order valence-corrected chi connectivity index (χ0v) is 14.9. The van der Waals surface area contributed by atoms with Gasteiger partial charge in [-0.15, -0.1) is 0 Å². The van der Waals surface area contributed by atoms with Crippen LogP contribution in [0, 0.1) is 0 Å². The van der Waals surface area contributed by atoms with Crippen LogP contribution in [0.5, 0.6) is 5.75 Å². The van der Waals surface area contributed by atoms with Crippen molar-refractivity contribution in [3.8, 4) is 5.75 Å². The van der Waals surface area contributed by atoms with Crippen molar-refractivity contribution in [2.75, 3.05) is 13.2 Å². The molecule has 0 aromatic heterocycles. The molecular formula is C20H25NO4.